The van der Waals surface area contributed by atoms with Gasteiger partial charge in [0.2, 0.25) is 0 Å². The standard InChI is InChI=1S/C17H14FN3O/c1-21-11-13(15-4-2-3-5-16(15)21)10-19-20-17(22)12-6-8-14(18)9-7-12/h2-11H,1H3,(H,20,22)/b19-10+. The first-order valence-corrected chi connectivity index (χ1v) is 6.78. The van der Waals surface area contributed by atoms with E-state index >= 15 is 0 Å². The second-order valence-electron chi connectivity index (χ2n) is 4.92. The van der Waals surface area contributed by atoms with Crippen molar-refractivity contribution in [2.75, 3.05) is 0 Å². The number of hydrogen-bond acceptors (Lipinski definition) is 2. The number of benzene rings is 2. The van der Waals surface area contributed by atoms with Gasteiger partial charge >= 0.3 is 0 Å². The molecule has 3 rings (SSSR count). The normalized spacial score (nSPS) is 11.2. The number of hydrogen-bond donors (Lipinski definition) is 1. The van der Waals surface area contributed by atoms with E-state index in [0.717, 1.165) is 16.5 Å². The van der Waals surface area contributed by atoms with Crippen LogP contribution in [0, 0.1) is 5.82 Å². The number of nitrogens with zero attached hydrogens (tertiary/aromatic N) is 2. The van der Waals surface area contributed by atoms with Crippen LogP contribution in [0.15, 0.2) is 59.8 Å². The Morgan fingerprint density at radius 1 is 1.18 bits per heavy atom. The van der Waals surface area contributed by atoms with Crippen molar-refractivity contribution in [3.63, 3.8) is 0 Å². The number of carbonyl (C=O) groups excluding carboxylic acids is 1. The molecule has 0 bridgehead atoms. The number of nitrogens with one attached hydrogen (secondary N) is 1. The summed E-state index contributed by atoms with van der Waals surface area (Å²) in [6.45, 7) is 0. The summed E-state index contributed by atoms with van der Waals surface area (Å²) < 4.78 is 14.8. The van der Waals surface area contributed by atoms with Crippen LogP contribution in [-0.2, 0) is 7.05 Å². The van der Waals surface area contributed by atoms with E-state index in [4.69, 9.17) is 0 Å². The van der Waals surface area contributed by atoms with Gasteiger partial charge in [0.25, 0.3) is 5.91 Å². The summed E-state index contributed by atoms with van der Waals surface area (Å²) in [7, 11) is 1.96. The van der Waals surface area contributed by atoms with E-state index in [1.165, 1.54) is 24.3 Å². The Morgan fingerprint density at radius 2 is 1.91 bits per heavy atom. The van der Waals surface area contributed by atoms with Crippen LogP contribution in [-0.4, -0.2) is 16.7 Å². The lowest BCUT2D eigenvalue weighted by molar-refractivity contribution is 0.0955. The minimum atomic E-state index is -0.379. The highest BCUT2D eigenvalue weighted by molar-refractivity contribution is 6.00. The van der Waals surface area contributed by atoms with Crippen LogP contribution >= 0.6 is 0 Å². The Balaban J connectivity index is 1.76. The molecule has 0 aliphatic heterocycles. The molecular weight excluding hydrogens is 281 g/mol. The van der Waals surface area contributed by atoms with Crippen molar-refractivity contribution in [2.45, 2.75) is 0 Å². The Morgan fingerprint density at radius 3 is 2.68 bits per heavy atom. The first-order valence-electron chi connectivity index (χ1n) is 6.78. The molecule has 0 atom stereocenters. The van der Waals surface area contributed by atoms with E-state index in [0.29, 0.717) is 5.56 Å². The first kappa shape index (κ1) is 14.0. The lowest BCUT2D eigenvalue weighted by Crippen LogP contribution is -2.17. The van der Waals surface area contributed by atoms with E-state index in [1.54, 1.807) is 6.21 Å². The molecular formula is C17H14FN3O. The molecule has 1 heterocycles. The van der Waals surface area contributed by atoms with Gasteiger partial charge in [0.15, 0.2) is 0 Å². The van der Waals surface area contributed by atoms with Crippen LogP contribution in [0.25, 0.3) is 10.9 Å². The molecule has 2 aromatic carbocycles. The molecule has 0 aliphatic rings. The fraction of sp³-hybridized carbons (Fsp3) is 0.0588. The molecule has 0 fully saturated rings. The number of fused-ring (bicyclic) bond motifs is 1. The number of halogens is 1. The molecule has 5 heteroatoms. The van der Waals surface area contributed by atoms with Gasteiger partial charge in [0, 0.05) is 35.3 Å². The van der Waals surface area contributed by atoms with Crippen LogP contribution in [0.5, 0.6) is 0 Å². The summed E-state index contributed by atoms with van der Waals surface area (Å²) in [5.41, 5.74) is 4.80. The molecule has 0 saturated heterocycles. The summed E-state index contributed by atoms with van der Waals surface area (Å²) >= 11 is 0. The predicted octanol–water partition coefficient (Wildman–Crippen LogP) is 3.08. The molecule has 4 nitrogen and oxygen atoms in total. The van der Waals surface area contributed by atoms with Gasteiger partial charge in [-0.1, -0.05) is 18.2 Å². The topological polar surface area (TPSA) is 46.4 Å². The number of aryl methyl sites for hydroxylation is 1. The molecule has 0 radical (unpaired) electrons. The monoisotopic (exact) mass is 295 g/mol. The maximum atomic E-state index is 12.8. The van der Waals surface area contributed by atoms with Gasteiger partial charge < -0.3 is 4.57 Å². The maximum absolute atomic E-state index is 12.8. The maximum Gasteiger partial charge on any atom is 0.271 e. The number of rotatable bonds is 3. The van der Waals surface area contributed by atoms with Gasteiger partial charge in [0.1, 0.15) is 5.82 Å². The van der Waals surface area contributed by atoms with E-state index in [-0.39, 0.29) is 11.7 Å². The van der Waals surface area contributed by atoms with Crippen molar-refractivity contribution in [3.05, 3.63) is 71.7 Å². The largest absolute Gasteiger partial charge is 0.350 e. The third-order valence-corrected chi connectivity index (χ3v) is 3.40. The molecule has 110 valence electrons. The van der Waals surface area contributed by atoms with Crippen molar-refractivity contribution in [3.8, 4) is 0 Å². The molecule has 1 aromatic heterocycles. The summed E-state index contributed by atoms with van der Waals surface area (Å²) in [6, 6.07) is 13.3. The number of carbonyl (C=O) groups is 1. The fourth-order valence-electron chi connectivity index (χ4n) is 2.30. The molecule has 22 heavy (non-hydrogen) atoms. The molecule has 0 aliphatic carbocycles. The number of para-hydroxylation sites is 1. The van der Waals surface area contributed by atoms with Crippen LogP contribution in [0.2, 0.25) is 0 Å². The second kappa shape index (κ2) is 5.81. The number of hydrazone groups is 1. The Kier molecular flexibility index (Phi) is 3.70. The van der Waals surface area contributed by atoms with E-state index < -0.39 is 0 Å². The summed E-state index contributed by atoms with van der Waals surface area (Å²) in [4.78, 5) is 11.9. The Bertz CT molecular complexity index is 850. The lowest BCUT2D eigenvalue weighted by Gasteiger charge is -1.99. The third kappa shape index (κ3) is 2.74. The Labute approximate surface area is 126 Å². The van der Waals surface area contributed by atoms with E-state index in [1.807, 2.05) is 42.1 Å². The van der Waals surface area contributed by atoms with E-state index in [2.05, 4.69) is 10.5 Å². The van der Waals surface area contributed by atoms with Crippen molar-refractivity contribution >= 4 is 23.0 Å². The summed E-state index contributed by atoms with van der Waals surface area (Å²) in [6.07, 6.45) is 3.54. The van der Waals surface area contributed by atoms with Crippen LogP contribution < -0.4 is 5.43 Å². The van der Waals surface area contributed by atoms with Crippen LogP contribution in [0.3, 0.4) is 0 Å². The van der Waals surface area contributed by atoms with Crippen molar-refractivity contribution in [1.29, 1.82) is 0 Å². The van der Waals surface area contributed by atoms with Gasteiger partial charge in [-0.2, -0.15) is 5.10 Å². The van der Waals surface area contributed by atoms with Crippen molar-refractivity contribution in [1.82, 2.24) is 9.99 Å². The molecule has 0 saturated carbocycles. The van der Waals surface area contributed by atoms with Gasteiger partial charge in [-0.3, -0.25) is 4.79 Å². The Hall–Kier alpha value is -2.95. The van der Waals surface area contributed by atoms with Crippen molar-refractivity contribution in [2.24, 2.45) is 12.1 Å². The smallest absolute Gasteiger partial charge is 0.271 e. The minimum Gasteiger partial charge on any atom is -0.350 e. The van der Waals surface area contributed by atoms with E-state index in [9.17, 15) is 9.18 Å². The molecule has 0 spiro atoms. The lowest BCUT2D eigenvalue weighted by atomic mass is 10.2. The third-order valence-electron chi connectivity index (χ3n) is 3.40. The molecule has 3 aromatic rings. The number of aromatic nitrogens is 1. The highest BCUT2D eigenvalue weighted by Gasteiger charge is 2.05. The summed E-state index contributed by atoms with van der Waals surface area (Å²) in [5.74, 6) is -0.757. The van der Waals surface area contributed by atoms with Crippen LogP contribution in [0.4, 0.5) is 4.39 Å². The zero-order valence-electron chi connectivity index (χ0n) is 12.0. The average molecular weight is 295 g/mol. The second-order valence-corrected chi connectivity index (χ2v) is 4.92. The van der Waals surface area contributed by atoms with Gasteiger partial charge in [-0.05, 0) is 30.3 Å². The molecule has 1 N–H and O–H groups in total. The summed E-state index contributed by atoms with van der Waals surface area (Å²) in [5, 5.41) is 5.03. The van der Waals surface area contributed by atoms with Crippen molar-refractivity contribution < 1.29 is 9.18 Å². The fourth-order valence-corrected chi connectivity index (χ4v) is 2.30. The van der Waals surface area contributed by atoms with Gasteiger partial charge in [-0.15, -0.1) is 0 Å². The van der Waals surface area contributed by atoms with Gasteiger partial charge in [-0.25, -0.2) is 9.82 Å². The zero-order chi connectivity index (χ0) is 15.5. The highest BCUT2D eigenvalue weighted by atomic mass is 19.1. The zero-order valence-corrected chi connectivity index (χ0v) is 12.0. The highest BCUT2D eigenvalue weighted by Crippen LogP contribution is 2.18. The van der Waals surface area contributed by atoms with Gasteiger partial charge in [0.05, 0.1) is 6.21 Å². The SMILES string of the molecule is Cn1cc(/C=N/NC(=O)c2ccc(F)cc2)c2ccccc21. The molecule has 0 unspecified atom stereocenters. The minimum absolute atomic E-state index is 0.358. The van der Waals surface area contributed by atoms with Crippen LogP contribution in [0.1, 0.15) is 15.9 Å². The quantitative estimate of drug-likeness (QED) is 0.586. The number of amides is 1. The average Bonchev–Trinajstić information content (AvgIpc) is 2.85. The predicted molar refractivity (Wildman–Crippen MR) is 84.4 cm³/mol. The molecule has 1 amide bonds. The first-order chi connectivity index (χ1) is 10.6.